The first-order valence-electron chi connectivity index (χ1n) is 33.2. The van der Waals surface area contributed by atoms with E-state index in [0.717, 1.165) is 67.1 Å². The monoisotopic (exact) mass is 1440 g/mol. The molecule has 7 amide bonds. The predicted octanol–water partition coefficient (Wildman–Crippen LogP) is -1.43. The summed E-state index contributed by atoms with van der Waals surface area (Å²) in [6, 6.07) is 5.38. The summed E-state index contributed by atoms with van der Waals surface area (Å²) >= 11 is 1.37. The van der Waals surface area contributed by atoms with Gasteiger partial charge in [-0.2, -0.15) is 0 Å². The highest BCUT2D eigenvalue weighted by Crippen LogP contribution is 2.33. The van der Waals surface area contributed by atoms with Crippen LogP contribution in [-0.4, -0.2) is 264 Å². The van der Waals surface area contributed by atoms with E-state index >= 15 is 4.79 Å². The Morgan fingerprint density at radius 3 is 2.03 bits per heavy atom. The zero-order chi connectivity index (χ0) is 72.4. The van der Waals surface area contributed by atoms with E-state index in [1.165, 1.54) is 42.5 Å². The van der Waals surface area contributed by atoms with Crippen molar-refractivity contribution < 1.29 is 108 Å². The van der Waals surface area contributed by atoms with Gasteiger partial charge in [-0.05, 0) is 113 Å². The molecule has 3 aliphatic rings. The number of ether oxygens (including phenoxy) is 2. The molecule has 0 bridgehead atoms. The van der Waals surface area contributed by atoms with Crippen molar-refractivity contribution in [3.05, 3.63) is 77.9 Å². The number of hydrogen-bond acceptors (Lipinski definition) is 28. The predicted molar refractivity (Wildman–Crippen MR) is 360 cm³/mol. The molecule has 0 unspecified atom stereocenters. The lowest BCUT2D eigenvalue weighted by Gasteiger charge is -2.34. The van der Waals surface area contributed by atoms with Gasteiger partial charge in [-0.15, -0.1) is 10.2 Å². The first-order valence-corrected chi connectivity index (χ1v) is 34.7. The second-order valence-corrected chi connectivity index (χ2v) is 26.4. The number of amides is 7. The van der Waals surface area contributed by atoms with E-state index in [2.05, 4.69) is 56.8 Å². The molecule has 0 spiro atoms. The van der Waals surface area contributed by atoms with Crippen molar-refractivity contribution in [2.24, 2.45) is 5.92 Å². The molecule has 4 aromatic rings. The third kappa shape index (κ3) is 23.1. The Hall–Kier alpha value is -7.30. The van der Waals surface area contributed by atoms with E-state index in [1.54, 1.807) is 19.2 Å². The molecule has 13 atom stereocenters. The first-order chi connectivity index (χ1) is 48.0. The number of nitrogens with zero attached hydrogens (tertiary/aromatic N) is 4. The van der Waals surface area contributed by atoms with Gasteiger partial charge in [-0.25, -0.2) is 5.26 Å². The average molecular weight is 1440 g/mol. The van der Waals surface area contributed by atoms with Crippen LogP contribution in [0.2, 0.25) is 0 Å². The second kappa shape index (κ2) is 40.4. The van der Waals surface area contributed by atoms with Gasteiger partial charge < -0.3 is 107 Å². The molecule has 3 aromatic carbocycles. The Morgan fingerprint density at radius 2 is 1.36 bits per heavy atom. The van der Waals surface area contributed by atoms with Gasteiger partial charge in [0.2, 0.25) is 35.4 Å². The number of rotatable bonds is 33. The van der Waals surface area contributed by atoms with Crippen molar-refractivity contribution >= 4 is 65.0 Å². The summed E-state index contributed by atoms with van der Waals surface area (Å²) in [5.74, 6) is -8.70. The van der Waals surface area contributed by atoms with Crippen molar-refractivity contribution in [2.45, 2.75) is 163 Å². The molecule has 7 rings (SSSR count). The summed E-state index contributed by atoms with van der Waals surface area (Å²) in [5, 5.41) is 139. The van der Waals surface area contributed by atoms with Gasteiger partial charge >= 0.3 is 0 Å². The van der Waals surface area contributed by atoms with Gasteiger partial charge in [0, 0.05) is 75.2 Å². The molecule has 100 heavy (non-hydrogen) atoms. The van der Waals surface area contributed by atoms with Crippen LogP contribution >= 0.6 is 23.7 Å². The summed E-state index contributed by atoms with van der Waals surface area (Å²) in [5.41, 5.74) is 1.52. The lowest BCUT2D eigenvalue weighted by atomic mass is 9.98. The number of phenolic OH excluding ortho intramolecular Hbond substituents is 1. The molecule has 0 saturated carbocycles. The molecule has 33 nitrogen and oxygen atoms in total. The number of aliphatic hydroxyl groups excluding tert-OH is 8. The topological polar surface area (TPSA) is 484 Å². The highest BCUT2D eigenvalue weighted by atomic mass is 32.2. The van der Waals surface area contributed by atoms with Crippen LogP contribution in [0.25, 0.3) is 21.1 Å². The SMILES string of the molecule is COCCCCCCCOc1ccc(-c2nnc(-c3ccc(C(=O)N[C@H]4C[C@H](O)CNC(=O)[C@@H]5[C@@H](O)[C@H](C)CN5C(=O)[C@H]([C@H](O)CCNCCCCNC(CO)CO)NC(=O)[C@H]([C@H](O)Cc5ccc(O)c(OSOOO)c5)NC(=O)[C@@H]5C[C@H](O)CN5C(=O)[C@H]([C@H](C)O)NC4=O)cc3)s2)cc1. The largest absolute Gasteiger partial charge is 0.504 e. The first kappa shape index (κ1) is 80.0. The molecule has 552 valence electrons. The van der Waals surface area contributed by atoms with E-state index in [0.29, 0.717) is 53.9 Å². The summed E-state index contributed by atoms with van der Waals surface area (Å²) in [6.45, 7) is 2.72. The highest BCUT2D eigenvalue weighted by molar-refractivity contribution is 7.90. The molecular weight excluding hydrogens is 1350 g/mol. The Bertz CT molecular complexity index is 3270. The van der Waals surface area contributed by atoms with E-state index in [1.807, 2.05) is 24.3 Å². The third-order valence-corrected chi connectivity index (χ3v) is 18.7. The number of phenols is 1. The molecule has 3 saturated heterocycles. The molecule has 3 fully saturated rings. The minimum atomic E-state index is -2.13. The maximum absolute atomic E-state index is 15.1. The number of carbonyl (C=O) groups is 7. The number of nitrogens with one attached hydrogen (secondary N) is 7. The van der Waals surface area contributed by atoms with Crippen LogP contribution in [0.1, 0.15) is 94.0 Å². The fraction of sp³-hybridized carbons (Fsp3) is 0.585. The zero-order valence-electron chi connectivity index (χ0n) is 55.8. The quantitative estimate of drug-likeness (QED) is 0.0112. The number of unbranched alkanes of at least 4 members (excludes halogenated alkanes) is 5. The highest BCUT2D eigenvalue weighted by Gasteiger charge is 2.50. The minimum Gasteiger partial charge on any atom is -0.504 e. The second-order valence-electron chi connectivity index (χ2n) is 25.0. The van der Waals surface area contributed by atoms with E-state index in [-0.39, 0.29) is 61.9 Å². The molecular formula is C65H93N11O22S2. The van der Waals surface area contributed by atoms with Gasteiger partial charge in [0.25, 0.3) is 18.2 Å². The van der Waals surface area contributed by atoms with E-state index in [4.69, 9.17) is 18.9 Å². The van der Waals surface area contributed by atoms with Gasteiger partial charge in [-0.1, -0.05) is 65.1 Å². The van der Waals surface area contributed by atoms with E-state index < -0.39 is 164 Å². The van der Waals surface area contributed by atoms with Crippen molar-refractivity contribution in [1.82, 2.24) is 57.2 Å². The molecule has 4 heterocycles. The summed E-state index contributed by atoms with van der Waals surface area (Å²) in [7, 11) is 1.70. The smallest absolute Gasteiger partial charge is 0.261 e. The molecule has 0 radical (unpaired) electrons. The van der Waals surface area contributed by atoms with Gasteiger partial charge in [0.05, 0.1) is 62.5 Å². The van der Waals surface area contributed by atoms with Crippen LogP contribution in [0.4, 0.5) is 0 Å². The number of fused-ring (bicyclic) bond motifs is 2. The number of hydrogen-bond donors (Lipinski definition) is 17. The standard InChI is InChI=1S/C65H93N11O22S2/c1-36-32-76-55(56(36)85)61(90)68-31-43(80)29-46(69-57(86)39-12-14-40(15-13-39)62-73-74-63(99-62)41-16-18-45(19-17-41)95-26-10-6-4-5-9-25-94-3)58(87)70-52(37(2)79)64(91)75-33-44(81)30-47(75)59(88)71-53(50(84)27-38-11-20-48(82)51(28-38)96-100-98-97-93)60(89)72-54(65(76)92)49(83)21-24-66-22-7-8-23-67-42(34-77)35-78/h11-20,28,36-37,42-44,46-47,49-50,52-56,66-67,77-85,93H,4-10,21-27,29-35H2,1-3H3,(H,68,90)(H,69,86)(H,70,87)(H,71,88)(H,72,89)/t36-,37+,43+,44+,46+,47+,49-,50-,52+,53+,54+,55+,56+/m1/s1. The Kier molecular flexibility index (Phi) is 32.3. The van der Waals surface area contributed by atoms with Crippen LogP contribution in [0.15, 0.2) is 66.7 Å². The van der Waals surface area contributed by atoms with Crippen LogP contribution in [0.5, 0.6) is 17.2 Å². The Labute approximate surface area is 585 Å². The van der Waals surface area contributed by atoms with Crippen LogP contribution < -0.4 is 46.1 Å². The molecule has 1 aromatic heterocycles. The maximum Gasteiger partial charge on any atom is 0.261 e. The number of methoxy groups -OCH3 is 1. The number of aromatic hydroxyl groups is 1. The van der Waals surface area contributed by atoms with Crippen molar-refractivity contribution in [2.75, 3.05) is 72.8 Å². The number of carbonyl (C=O) groups excluding carboxylic acids is 7. The fourth-order valence-corrected chi connectivity index (χ4v) is 12.8. The van der Waals surface area contributed by atoms with Gasteiger partial charge in [0.15, 0.2) is 11.5 Å². The molecule has 35 heteroatoms. The normalized spacial score (nSPS) is 23.7. The number of β-amino-alcohol motifs (C(OH)–C–C–N with tert-alkyl or cyclic N) is 1. The van der Waals surface area contributed by atoms with Crippen LogP contribution in [0.3, 0.4) is 0 Å². The summed E-state index contributed by atoms with van der Waals surface area (Å²) in [6.07, 6.45) is -5.92. The fourth-order valence-electron chi connectivity index (χ4n) is 11.7. The maximum atomic E-state index is 15.1. The minimum absolute atomic E-state index is 0.0133. The molecule has 17 N–H and O–H groups in total. The van der Waals surface area contributed by atoms with E-state index in [9.17, 15) is 74.7 Å². The Morgan fingerprint density at radius 1 is 0.720 bits per heavy atom. The molecule has 3 aliphatic heterocycles. The lowest BCUT2D eigenvalue weighted by Crippen LogP contribution is -2.64. The average Bonchev–Trinajstić information content (AvgIpc) is 1.62. The number of benzene rings is 3. The van der Waals surface area contributed by atoms with Gasteiger partial charge in [0.1, 0.15) is 52.0 Å². The van der Waals surface area contributed by atoms with Crippen LogP contribution in [0, 0.1) is 5.92 Å². The molecule has 0 aliphatic carbocycles. The van der Waals surface area contributed by atoms with Crippen molar-refractivity contribution in [1.29, 1.82) is 0 Å². The zero-order valence-corrected chi connectivity index (χ0v) is 57.4. The third-order valence-electron chi connectivity index (χ3n) is 17.3. The summed E-state index contributed by atoms with van der Waals surface area (Å²) < 4.78 is 20.5. The van der Waals surface area contributed by atoms with Crippen molar-refractivity contribution in [3.8, 4) is 38.4 Å². The number of aliphatic hydroxyl groups is 8. The Balaban J connectivity index is 1.15. The van der Waals surface area contributed by atoms with Crippen molar-refractivity contribution in [3.63, 3.8) is 0 Å². The number of aromatic nitrogens is 2. The van der Waals surface area contributed by atoms with Crippen LogP contribution in [-0.2, 0) is 49.3 Å². The summed E-state index contributed by atoms with van der Waals surface area (Å²) in [4.78, 5) is 105. The van der Waals surface area contributed by atoms with Gasteiger partial charge in [-0.3, -0.25) is 33.6 Å². The lowest BCUT2D eigenvalue weighted by molar-refractivity contribution is -0.433.